The predicted molar refractivity (Wildman–Crippen MR) is 88.1 cm³/mol. The van der Waals surface area contributed by atoms with E-state index in [1.54, 1.807) is 0 Å². The summed E-state index contributed by atoms with van der Waals surface area (Å²) in [4.78, 5) is 0. The van der Waals surface area contributed by atoms with E-state index in [1.807, 2.05) is 0 Å². The first-order valence-corrected chi connectivity index (χ1v) is 8.71. The maximum Gasteiger partial charge on any atom is 0.0352 e. The Kier molecular flexibility index (Phi) is 2.86. The van der Waals surface area contributed by atoms with Gasteiger partial charge in [-0.1, -0.05) is 36.2 Å². The van der Waals surface area contributed by atoms with Crippen LogP contribution in [0.1, 0.15) is 68.2 Å². The second kappa shape index (κ2) is 4.35. The first-order valence-electron chi connectivity index (χ1n) is 8.71. The molecule has 4 saturated carbocycles. The summed E-state index contributed by atoms with van der Waals surface area (Å²) >= 11 is 0. The lowest BCUT2D eigenvalue weighted by Crippen LogP contribution is -2.54. The van der Waals surface area contributed by atoms with Crippen molar-refractivity contribution in [3.05, 3.63) is 34.9 Å². The van der Waals surface area contributed by atoms with Crippen molar-refractivity contribution in [2.24, 2.45) is 28.4 Å². The van der Waals surface area contributed by atoms with Crippen LogP contribution in [0.5, 0.6) is 0 Å². The van der Waals surface area contributed by atoms with Gasteiger partial charge in [0.2, 0.25) is 0 Å². The molecule has 0 aromatic heterocycles. The minimum Gasteiger partial charge on any atom is -0.323 e. The Morgan fingerprint density at radius 2 is 1.57 bits per heavy atom. The van der Waals surface area contributed by atoms with Gasteiger partial charge in [0.25, 0.3) is 0 Å². The highest BCUT2D eigenvalue weighted by molar-refractivity contribution is 5.32. The summed E-state index contributed by atoms with van der Waals surface area (Å²) in [6.45, 7) is 6.93. The molecule has 4 bridgehead atoms. The molecule has 5 rings (SSSR count). The number of aryl methyl sites for hydroxylation is 2. The Labute approximate surface area is 129 Å². The Hall–Kier alpha value is -0.820. The molecule has 1 aromatic carbocycles. The molecule has 0 heterocycles. The maximum absolute atomic E-state index is 6.89. The van der Waals surface area contributed by atoms with Gasteiger partial charge in [-0.25, -0.2) is 0 Å². The molecule has 1 heteroatoms. The first-order chi connectivity index (χ1) is 9.87. The number of hydrogen-bond donors (Lipinski definition) is 1. The molecule has 4 aliphatic carbocycles. The van der Waals surface area contributed by atoms with Crippen LogP contribution in [0.15, 0.2) is 18.2 Å². The quantitative estimate of drug-likeness (QED) is 0.820. The fraction of sp³-hybridized carbons (Fsp3) is 0.700. The van der Waals surface area contributed by atoms with Crippen LogP contribution in [-0.2, 0) is 0 Å². The van der Waals surface area contributed by atoms with Gasteiger partial charge in [-0.05, 0) is 80.6 Å². The molecular weight excluding hydrogens is 254 g/mol. The van der Waals surface area contributed by atoms with Gasteiger partial charge in [0.1, 0.15) is 0 Å². The molecule has 4 aliphatic rings. The molecule has 1 nitrogen and oxygen atoms in total. The minimum atomic E-state index is 0.237. The summed E-state index contributed by atoms with van der Waals surface area (Å²) in [6.07, 6.45) is 8.54. The van der Waals surface area contributed by atoms with Gasteiger partial charge in [0, 0.05) is 6.04 Å². The highest BCUT2D eigenvalue weighted by Gasteiger charge is 2.57. The number of nitrogens with two attached hydrogens (primary N) is 1. The monoisotopic (exact) mass is 283 g/mol. The van der Waals surface area contributed by atoms with Crippen molar-refractivity contribution >= 4 is 0 Å². The van der Waals surface area contributed by atoms with Crippen molar-refractivity contribution in [1.29, 1.82) is 0 Å². The lowest BCUT2D eigenvalue weighted by atomic mass is 9.43. The SMILES string of the molecule is Cc1cc(C)cc(C(N)C23CC4CC(CC(C)(C4)C2)C3)c1. The molecule has 0 saturated heterocycles. The molecule has 114 valence electrons. The zero-order valence-electron chi connectivity index (χ0n) is 13.8. The normalized spacial score (nSPS) is 42.3. The number of hydrogen-bond acceptors (Lipinski definition) is 1. The molecule has 0 spiro atoms. The first kappa shape index (κ1) is 13.8. The maximum atomic E-state index is 6.89. The standard InChI is InChI=1S/C20H29N/c1-13-4-14(2)6-17(5-13)18(21)20-10-15-7-16(11-20)9-19(3,8-15)12-20/h4-6,15-16,18H,7-12,21H2,1-3H3. The Morgan fingerprint density at radius 3 is 2.10 bits per heavy atom. The number of rotatable bonds is 2. The second-order valence-corrected chi connectivity index (χ2v) is 9.03. The molecule has 1 aromatic rings. The highest BCUT2D eigenvalue weighted by Crippen LogP contribution is 2.67. The smallest absolute Gasteiger partial charge is 0.0352 e. The van der Waals surface area contributed by atoms with E-state index in [0.717, 1.165) is 11.8 Å². The van der Waals surface area contributed by atoms with Crippen molar-refractivity contribution in [2.75, 3.05) is 0 Å². The van der Waals surface area contributed by atoms with Crippen LogP contribution in [0.2, 0.25) is 0 Å². The molecule has 0 radical (unpaired) electrons. The molecule has 21 heavy (non-hydrogen) atoms. The molecular formula is C20H29N. The van der Waals surface area contributed by atoms with Crippen molar-refractivity contribution < 1.29 is 0 Å². The van der Waals surface area contributed by atoms with E-state index in [9.17, 15) is 0 Å². The molecule has 0 amide bonds. The van der Waals surface area contributed by atoms with E-state index in [2.05, 4.69) is 39.0 Å². The fourth-order valence-corrected chi connectivity index (χ4v) is 6.70. The van der Waals surface area contributed by atoms with E-state index in [1.165, 1.54) is 55.2 Å². The second-order valence-electron chi connectivity index (χ2n) is 9.03. The molecule has 2 N–H and O–H groups in total. The van der Waals surface area contributed by atoms with Crippen LogP contribution < -0.4 is 5.73 Å². The van der Waals surface area contributed by atoms with Crippen LogP contribution in [0.25, 0.3) is 0 Å². The summed E-state index contributed by atoms with van der Waals surface area (Å²) in [5.41, 5.74) is 12.0. The van der Waals surface area contributed by atoms with Crippen molar-refractivity contribution in [2.45, 2.75) is 65.3 Å². The van der Waals surface area contributed by atoms with E-state index >= 15 is 0 Å². The summed E-state index contributed by atoms with van der Waals surface area (Å²) in [5, 5.41) is 0. The largest absolute Gasteiger partial charge is 0.323 e. The van der Waals surface area contributed by atoms with Gasteiger partial charge in [-0.3, -0.25) is 0 Å². The van der Waals surface area contributed by atoms with Crippen molar-refractivity contribution in [3.8, 4) is 0 Å². The van der Waals surface area contributed by atoms with Gasteiger partial charge in [0.05, 0.1) is 0 Å². The number of benzene rings is 1. The van der Waals surface area contributed by atoms with E-state index in [0.29, 0.717) is 10.8 Å². The lowest BCUT2D eigenvalue weighted by molar-refractivity contribution is -0.113. The van der Waals surface area contributed by atoms with Gasteiger partial charge < -0.3 is 5.73 Å². The minimum absolute atomic E-state index is 0.237. The summed E-state index contributed by atoms with van der Waals surface area (Å²) in [7, 11) is 0. The van der Waals surface area contributed by atoms with Gasteiger partial charge >= 0.3 is 0 Å². The van der Waals surface area contributed by atoms with Crippen LogP contribution in [-0.4, -0.2) is 0 Å². The van der Waals surface area contributed by atoms with Crippen molar-refractivity contribution in [1.82, 2.24) is 0 Å². The predicted octanol–water partition coefficient (Wildman–Crippen LogP) is 4.91. The van der Waals surface area contributed by atoms with E-state index in [-0.39, 0.29) is 6.04 Å². The Bertz CT molecular complexity index is 539. The average molecular weight is 283 g/mol. The van der Waals surface area contributed by atoms with Gasteiger partial charge in [0.15, 0.2) is 0 Å². The summed E-state index contributed by atoms with van der Waals surface area (Å²) < 4.78 is 0. The van der Waals surface area contributed by atoms with Crippen molar-refractivity contribution in [3.63, 3.8) is 0 Å². The van der Waals surface area contributed by atoms with Gasteiger partial charge in [-0.15, -0.1) is 0 Å². The Balaban J connectivity index is 1.71. The van der Waals surface area contributed by atoms with Crippen LogP contribution in [0, 0.1) is 36.5 Å². The zero-order valence-corrected chi connectivity index (χ0v) is 13.8. The highest BCUT2D eigenvalue weighted by atomic mass is 14.8. The van der Waals surface area contributed by atoms with E-state index in [4.69, 9.17) is 5.73 Å². The zero-order chi connectivity index (χ0) is 14.8. The van der Waals surface area contributed by atoms with Crippen LogP contribution in [0.3, 0.4) is 0 Å². The molecule has 4 fully saturated rings. The summed E-state index contributed by atoms with van der Waals surface area (Å²) in [5.74, 6) is 1.90. The lowest BCUT2D eigenvalue weighted by Gasteiger charge is -2.63. The molecule has 0 aliphatic heterocycles. The Morgan fingerprint density at radius 1 is 1.00 bits per heavy atom. The third-order valence-corrected chi connectivity index (χ3v) is 6.66. The third-order valence-electron chi connectivity index (χ3n) is 6.66. The molecule has 3 unspecified atom stereocenters. The fourth-order valence-electron chi connectivity index (χ4n) is 6.70. The molecule has 3 atom stereocenters. The van der Waals surface area contributed by atoms with Crippen LogP contribution in [0.4, 0.5) is 0 Å². The summed E-state index contributed by atoms with van der Waals surface area (Å²) in [6, 6.07) is 7.16. The average Bonchev–Trinajstić information content (AvgIpc) is 2.33. The third kappa shape index (κ3) is 2.16. The van der Waals surface area contributed by atoms with Gasteiger partial charge in [-0.2, -0.15) is 0 Å². The topological polar surface area (TPSA) is 26.0 Å². The van der Waals surface area contributed by atoms with E-state index < -0.39 is 0 Å². The van der Waals surface area contributed by atoms with Crippen LogP contribution >= 0.6 is 0 Å².